The van der Waals surface area contributed by atoms with Crippen LogP contribution in [0.15, 0.2) is 8.94 Å². The molecule has 0 aromatic carbocycles. The van der Waals surface area contributed by atoms with Crippen molar-refractivity contribution in [2.24, 2.45) is 0 Å². The molecule has 92 valence electrons. The lowest BCUT2D eigenvalue weighted by Crippen LogP contribution is -2.01. The standard InChI is InChI=1S/C10H13ClN4O2/c1-6-8(7(2)17-15-6)5-12-10-14-13-9(16-10)3-4-11/h3-5H2,1-2H3,(H,12,14). The summed E-state index contributed by atoms with van der Waals surface area (Å²) in [5.41, 5.74) is 1.86. The number of hydrogen-bond donors (Lipinski definition) is 1. The Labute approximate surface area is 103 Å². The molecule has 0 aliphatic carbocycles. The number of halogens is 1. The second kappa shape index (κ2) is 5.18. The van der Waals surface area contributed by atoms with Gasteiger partial charge in [0, 0.05) is 24.4 Å². The van der Waals surface area contributed by atoms with Crippen LogP contribution in [0, 0.1) is 13.8 Å². The molecule has 0 radical (unpaired) electrons. The van der Waals surface area contributed by atoms with Crippen LogP contribution >= 0.6 is 11.6 Å². The Morgan fingerprint density at radius 3 is 2.76 bits per heavy atom. The van der Waals surface area contributed by atoms with Crippen molar-refractivity contribution in [3.05, 3.63) is 22.9 Å². The van der Waals surface area contributed by atoms with E-state index >= 15 is 0 Å². The average molecular weight is 257 g/mol. The largest absolute Gasteiger partial charge is 0.408 e. The molecule has 2 aromatic rings. The van der Waals surface area contributed by atoms with Gasteiger partial charge in [0.1, 0.15) is 5.76 Å². The fraction of sp³-hybridized carbons (Fsp3) is 0.500. The van der Waals surface area contributed by atoms with E-state index in [1.165, 1.54) is 0 Å². The van der Waals surface area contributed by atoms with Gasteiger partial charge in [-0.15, -0.1) is 16.7 Å². The van der Waals surface area contributed by atoms with E-state index in [0.29, 0.717) is 30.8 Å². The minimum atomic E-state index is 0.380. The molecule has 0 bridgehead atoms. The topological polar surface area (TPSA) is 77.0 Å². The lowest BCUT2D eigenvalue weighted by molar-refractivity contribution is 0.392. The van der Waals surface area contributed by atoms with Crippen LogP contribution in [0.2, 0.25) is 0 Å². The molecule has 0 saturated heterocycles. The molecule has 7 heteroatoms. The molecule has 0 aliphatic rings. The molecule has 1 N–H and O–H groups in total. The molecular weight excluding hydrogens is 244 g/mol. The number of hydrogen-bond acceptors (Lipinski definition) is 6. The van der Waals surface area contributed by atoms with Crippen molar-refractivity contribution in [1.29, 1.82) is 0 Å². The molecule has 2 aromatic heterocycles. The van der Waals surface area contributed by atoms with Crippen molar-refractivity contribution in [1.82, 2.24) is 15.4 Å². The van der Waals surface area contributed by atoms with Gasteiger partial charge in [-0.1, -0.05) is 10.3 Å². The maximum atomic E-state index is 5.58. The predicted octanol–water partition coefficient (Wildman–Crippen LogP) is 2.07. The Kier molecular flexibility index (Phi) is 3.63. The van der Waals surface area contributed by atoms with Gasteiger partial charge in [-0.25, -0.2) is 0 Å². The van der Waals surface area contributed by atoms with Crippen LogP contribution in [0.25, 0.3) is 0 Å². The minimum Gasteiger partial charge on any atom is -0.408 e. The maximum Gasteiger partial charge on any atom is 0.315 e. The van der Waals surface area contributed by atoms with E-state index in [1.54, 1.807) is 0 Å². The third kappa shape index (κ3) is 2.76. The lowest BCUT2D eigenvalue weighted by atomic mass is 10.2. The molecule has 0 saturated carbocycles. The third-order valence-corrected chi connectivity index (χ3v) is 2.56. The van der Waals surface area contributed by atoms with E-state index in [-0.39, 0.29) is 0 Å². The van der Waals surface area contributed by atoms with Crippen LogP contribution in [-0.4, -0.2) is 21.2 Å². The summed E-state index contributed by atoms with van der Waals surface area (Å²) in [5.74, 6) is 1.78. The zero-order valence-corrected chi connectivity index (χ0v) is 10.4. The van der Waals surface area contributed by atoms with Crippen molar-refractivity contribution >= 4 is 17.6 Å². The highest BCUT2D eigenvalue weighted by atomic mass is 35.5. The summed E-state index contributed by atoms with van der Waals surface area (Å²) in [6.07, 6.45) is 0.571. The summed E-state index contributed by atoms with van der Waals surface area (Å²) in [4.78, 5) is 0. The van der Waals surface area contributed by atoms with Crippen LogP contribution < -0.4 is 5.32 Å². The van der Waals surface area contributed by atoms with Crippen LogP contribution in [0.3, 0.4) is 0 Å². The highest BCUT2D eigenvalue weighted by molar-refractivity contribution is 6.17. The number of rotatable bonds is 5. The molecule has 6 nitrogen and oxygen atoms in total. The van der Waals surface area contributed by atoms with Gasteiger partial charge in [0.2, 0.25) is 5.89 Å². The summed E-state index contributed by atoms with van der Waals surface area (Å²) in [7, 11) is 0. The number of aryl methyl sites for hydroxylation is 3. The molecule has 0 amide bonds. The minimum absolute atomic E-state index is 0.380. The number of nitrogens with one attached hydrogen (secondary N) is 1. The Hall–Kier alpha value is -1.56. The first-order valence-corrected chi connectivity index (χ1v) is 5.78. The highest BCUT2D eigenvalue weighted by Crippen LogP contribution is 2.14. The Morgan fingerprint density at radius 1 is 1.29 bits per heavy atom. The molecule has 0 fully saturated rings. The van der Waals surface area contributed by atoms with Crippen molar-refractivity contribution in [2.75, 3.05) is 11.2 Å². The van der Waals surface area contributed by atoms with E-state index in [0.717, 1.165) is 17.0 Å². The molecule has 0 atom stereocenters. The Balaban J connectivity index is 1.97. The van der Waals surface area contributed by atoms with Gasteiger partial charge in [0.25, 0.3) is 0 Å². The van der Waals surface area contributed by atoms with Gasteiger partial charge >= 0.3 is 6.01 Å². The molecule has 0 aliphatic heterocycles. The van der Waals surface area contributed by atoms with Crippen molar-refractivity contribution in [3.63, 3.8) is 0 Å². The molecule has 17 heavy (non-hydrogen) atoms. The first kappa shape index (κ1) is 11.9. The van der Waals surface area contributed by atoms with Crippen LogP contribution in [0.1, 0.15) is 22.9 Å². The fourth-order valence-electron chi connectivity index (χ4n) is 1.43. The molecule has 2 heterocycles. The molecule has 0 unspecified atom stereocenters. The van der Waals surface area contributed by atoms with Crippen molar-refractivity contribution in [2.45, 2.75) is 26.8 Å². The SMILES string of the molecule is Cc1noc(C)c1CNc1nnc(CCCl)o1. The van der Waals surface area contributed by atoms with Gasteiger partial charge in [0.05, 0.1) is 5.69 Å². The second-order valence-electron chi connectivity index (χ2n) is 3.60. The summed E-state index contributed by atoms with van der Waals surface area (Å²) in [6.45, 7) is 4.30. The summed E-state index contributed by atoms with van der Waals surface area (Å²) in [5, 5.41) is 14.6. The quantitative estimate of drug-likeness (QED) is 0.825. The molecule has 2 rings (SSSR count). The van der Waals surface area contributed by atoms with Gasteiger partial charge in [-0.3, -0.25) is 0 Å². The number of aromatic nitrogens is 3. The maximum absolute atomic E-state index is 5.58. The zero-order chi connectivity index (χ0) is 12.3. The smallest absolute Gasteiger partial charge is 0.315 e. The Bertz CT molecular complexity index is 475. The van der Waals surface area contributed by atoms with Gasteiger partial charge in [0.15, 0.2) is 0 Å². The first-order valence-electron chi connectivity index (χ1n) is 5.24. The van der Waals surface area contributed by atoms with E-state index in [4.69, 9.17) is 20.5 Å². The fourth-order valence-corrected chi connectivity index (χ4v) is 1.59. The van der Waals surface area contributed by atoms with E-state index < -0.39 is 0 Å². The van der Waals surface area contributed by atoms with E-state index in [2.05, 4.69) is 20.7 Å². The van der Waals surface area contributed by atoms with Crippen molar-refractivity contribution in [3.8, 4) is 0 Å². The second-order valence-corrected chi connectivity index (χ2v) is 3.97. The Morgan fingerprint density at radius 2 is 2.12 bits per heavy atom. The van der Waals surface area contributed by atoms with Crippen LogP contribution in [-0.2, 0) is 13.0 Å². The zero-order valence-electron chi connectivity index (χ0n) is 9.66. The van der Waals surface area contributed by atoms with Crippen molar-refractivity contribution < 1.29 is 8.94 Å². The van der Waals surface area contributed by atoms with Gasteiger partial charge < -0.3 is 14.3 Å². The van der Waals surface area contributed by atoms with E-state index in [1.807, 2.05) is 13.8 Å². The van der Waals surface area contributed by atoms with Crippen LogP contribution in [0.4, 0.5) is 6.01 Å². The summed E-state index contributed by atoms with van der Waals surface area (Å²) in [6, 6.07) is 0.380. The lowest BCUT2D eigenvalue weighted by Gasteiger charge is -1.99. The van der Waals surface area contributed by atoms with Gasteiger partial charge in [-0.2, -0.15) is 0 Å². The molecule has 0 spiro atoms. The highest BCUT2D eigenvalue weighted by Gasteiger charge is 2.10. The van der Waals surface area contributed by atoms with Gasteiger partial charge in [-0.05, 0) is 13.8 Å². The number of nitrogens with zero attached hydrogens (tertiary/aromatic N) is 3. The average Bonchev–Trinajstić information content (AvgIpc) is 2.86. The monoisotopic (exact) mass is 256 g/mol. The number of anilines is 1. The summed E-state index contributed by atoms with van der Waals surface area (Å²) < 4.78 is 10.4. The van der Waals surface area contributed by atoms with E-state index in [9.17, 15) is 0 Å². The van der Waals surface area contributed by atoms with Crippen LogP contribution in [0.5, 0.6) is 0 Å². The third-order valence-electron chi connectivity index (χ3n) is 2.37. The predicted molar refractivity (Wildman–Crippen MR) is 62.0 cm³/mol. The number of alkyl halides is 1. The normalized spacial score (nSPS) is 10.8. The summed E-state index contributed by atoms with van der Waals surface area (Å²) >= 11 is 5.58. The molecular formula is C10H13ClN4O2. The first-order chi connectivity index (χ1) is 8.20.